The number of carbonyl (C=O) groups excluding carboxylic acids is 1. The van der Waals surface area contributed by atoms with Crippen LogP contribution in [-0.2, 0) is 11.3 Å². The molecule has 0 spiro atoms. The fourth-order valence-corrected chi connectivity index (χ4v) is 1.88. The number of aromatic nitrogens is 1. The summed E-state index contributed by atoms with van der Waals surface area (Å²) in [6, 6.07) is 0. The van der Waals surface area contributed by atoms with E-state index in [2.05, 4.69) is 22.9 Å². The van der Waals surface area contributed by atoms with E-state index >= 15 is 0 Å². The number of amides is 1. The molecule has 0 radical (unpaired) electrons. The van der Waals surface area contributed by atoms with E-state index in [0.717, 1.165) is 10.6 Å². The lowest BCUT2D eigenvalue weighted by Crippen LogP contribution is -2.33. The van der Waals surface area contributed by atoms with E-state index in [0.29, 0.717) is 6.54 Å². The molecule has 0 fully saturated rings. The molecule has 1 rings (SSSR count). The number of nitrogens with one attached hydrogen (secondary N) is 1. The van der Waals surface area contributed by atoms with Crippen LogP contribution in [0.5, 0.6) is 0 Å². The van der Waals surface area contributed by atoms with E-state index in [1.165, 1.54) is 0 Å². The first kappa shape index (κ1) is 12.5. The summed E-state index contributed by atoms with van der Waals surface area (Å²) >= 11 is 5.81. The maximum Gasteiger partial charge on any atom is 0.233 e. The van der Waals surface area contributed by atoms with Crippen LogP contribution in [0.25, 0.3) is 0 Å². The zero-order valence-corrected chi connectivity index (χ0v) is 10.9. The van der Waals surface area contributed by atoms with Gasteiger partial charge in [-0.05, 0) is 12.8 Å². The van der Waals surface area contributed by atoms with Crippen LogP contribution in [0.1, 0.15) is 24.4 Å². The molecule has 1 aromatic rings. The summed E-state index contributed by atoms with van der Waals surface area (Å²) < 4.78 is 0. The minimum absolute atomic E-state index is 0.0128. The fraction of sp³-hybridized carbons (Fsp3) is 0.600. The van der Waals surface area contributed by atoms with Gasteiger partial charge in [-0.1, -0.05) is 13.8 Å². The molecule has 5 heteroatoms. The molecule has 0 bridgehead atoms. The summed E-state index contributed by atoms with van der Waals surface area (Å²) in [7, 11) is 0. The van der Waals surface area contributed by atoms with E-state index in [1.54, 1.807) is 16.8 Å². The van der Waals surface area contributed by atoms with Crippen LogP contribution in [0.4, 0.5) is 0 Å². The minimum atomic E-state index is -0.238. The highest BCUT2D eigenvalue weighted by atomic mass is 32.1. The van der Waals surface area contributed by atoms with Gasteiger partial charge in [-0.2, -0.15) is 12.6 Å². The number of aryl methyl sites for hydroxylation is 1. The Morgan fingerprint density at radius 1 is 1.67 bits per heavy atom. The molecule has 1 atom stereocenters. The van der Waals surface area contributed by atoms with E-state index in [9.17, 15) is 4.79 Å². The van der Waals surface area contributed by atoms with Gasteiger partial charge in [-0.25, -0.2) is 4.98 Å². The highest BCUT2D eigenvalue weighted by molar-refractivity contribution is 7.81. The van der Waals surface area contributed by atoms with Crippen molar-refractivity contribution in [3.8, 4) is 0 Å². The molecule has 1 aromatic heterocycles. The van der Waals surface area contributed by atoms with Crippen LogP contribution < -0.4 is 5.32 Å². The highest BCUT2D eigenvalue weighted by Gasteiger charge is 2.17. The third kappa shape index (κ3) is 3.50. The normalized spacial score (nSPS) is 12.9. The Labute approximate surface area is 99.7 Å². The van der Waals surface area contributed by atoms with Crippen LogP contribution >= 0.6 is 24.0 Å². The van der Waals surface area contributed by atoms with Gasteiger partial charge in [0.15, 0.2) is 0 Å². The molecule has 1 amide bonds. The zero-order valence-electron chi connectivity index (χ0n) is 9.15. The van der Waals surface area contributed by atoms with E-state index in [1.807, 2.05) is 20.8 Å². The van der Waals surface area contributed by atoms with Crippen molar-refractivity contribution in [2.24, 2.45) is 5.92 Å². The molecule has 3 nitrogen and oxygen atoms in total. The van der Waals surface area contributed by atoms with E-state index < -0.39 is 0 Å². The van der Waals surface area contributed by atoms with E-state index in [-0.39, 0.29) is 17.1 Å². The second-order valence-corrected chi connectivity index (χ2v) is 5.26. The molecule has 0 aliphatic heterocycles. The molecular weight excluding hydrogens is 228 g/mol. The Kier molecular flexibility index (Phi) is 4.60. The van der Waals surface area contributed by atoms with Gasteiger partial charge < -0.3 is 5.32 Å². The molecule has 0 saturated carbocycles. The molecule has 84 valence electrons. The van der Waals surface area contributed by atoms with Gasteiger partial charge in [0.2, 0.25) is 5.91 Å². The lowest BCUT2D eigenvalue weighted by atomic mass is 10.1. The van der Waals surface area contributed by atoms with Crippen molar-refractivity contribution >= 4 is 29.9 Å². The predicted molar refractivity (Wildman–Crippen MR) is 66.3 cm³/mol. The predicted octanol–water partition coefficient (Wildman–Crippen LogP) is 2.02. The Hall–Kier alpha value is -0.550. The van der Waals surface area contributed by atoms with Crippen LogP contribution in [0.3, 0.4) is 0 Å². The third-order valence-electron chi connectivity index (χ3n) is 2.17. The van der Waals surface area contributed by atoms with Crippen LogP contribution in [0.2, 0.25) is 0 Å². The summed E-state index contributed by atoms with van der Waals surface area (Å²) in [5.74, 6) is 0.233. The number of nitrogens with zero attached hydrogens (tertiary/aromatic N) is 1. The Balaban J connectivity index is 2.44. The van der Waals surface area contributed by atoms with Crippen molar-refractivity contribution in [1.82, 2.24) is 10.3 Å². The molecule has 0 aromatic carbocycles. The number of hydrogen-bond donors (Lipinski definition) is 2. The molecule has 0 saturated heterocycles. The fourth-order valence-electron chi connectivity index (χ4n) is 1.07. The maximum absolute atomic E-state index is 11.6. The standard InChI is InChI=1S/C10H16N2OS2/c1-6(2)9(14)10(13)11-4-8-7(3)12-5-15-8/h5-6,9,14H,4H2,1-3H3,(H,11,13). The Morgan fingerprint density at radius 2 is 2.33 bits per heavy atom. The quantitative estimate of drug-likeness (QED) is 0.796. The molecule has 0 aliphatic rings. The van der Waals surface area contributed by atoms with Gasteiger partial charge in [0.25, 0.3) is 0 Å². The van der Waals surface area contributed by atoms with Gasteiger partial charge in [0.05, 0.1) is 23.0 Å². The van der Waals surface area contributed by atoms with Gasteiger partial charge in [0.1, 0.15) is 0 Å². The number of thiazole rings is 1. The third-order valence-corrected chi connectivity index (χ3v) is 3.93. The van der Waals surface area contributed by atoms with Crippen LogP contribution in [0.15, 0.2) is 5.51 Å². The topological polar surface area (TPSA) is 42.0 Å². The summed E-state index contributed by atoms with van der Waals surface area (Å²) in [5.41, 5.74) is 2.78. The second-order valence-electron chi connectivity index (χ2n) is 3.77. The average Bonchev–Trinajstić information content (AvgIpc) is 2.59. The number of thiol groups is 1. The first-order chi connectivity index (χ1) is 7.02. The first-order valence-electron chi connectivity index (χ1n) is 4.87. The lowest BCUT2D eigenvalue weighted by molar-refractivity contribution is -0.121. The van der Waals surface area contributed by atoms with Gasteiger partial charge >= 0.3 is 0 Å². The van der Waals surface area contributed by atoms with E-state index in [4.69, 9.17) is 0 Å². The highest BCUT2D eigenvalue weighted by Crippen LogP contribution is 2.13. The molecule has 1 heterocycles. The molecular formula is C10H16N2OS2. The van der Waals surface area contributed by atoms with Crippen molar-refractivity contribution in [2.45, 2.75) is 32.6 Å². The van der Waals surface area contributed by atoms with Crippen molar-refractivity contribution in [3.63, 3.8) is 0 Å². The van der Waals surface area contributed by atoms with Crippen LogP contribution in [0, 0.1) is 12.8 Å². The Morgan fingerprint density at radius 3 is 2.80 bits per heavy atom. The molecule has 0 aliphatic carbocycles. The van der Waals surface area contributed by atoms with Crippen molar-refractivity contribution in [2.75, 3.05) is 0 Å². The minimum Gasteiger partial charge on any atom is -0.350 e. The van der Waals surface area contributed by atoms with Gasteiger partial charge in [-0.3, -0.25) is 4.79 Å². The largest absolute Gasteiger partial charge is 0.350 e. The molecule has 1 N–H and O–H groups in total. The lowest BCUT2D eigenvalue weighted by Gasteiger charge is -2.14. The van der Waals surface area contributed by atoms with Gasteiger partial charge in [0, 0.05) is 4.88 Å². The van der Waals surface area contributed by atoms with Gasteiger partial charge in [-0.15, -0.1) is 11.3 Å². The van der Waals surface area contributed by atoms with Crippen molar-refractivity contribution in [1.29, 1.82) is 0 Å². The molecule has 15 heavy (non-hydrogen) atoms. The van der Waals surface area contributed by atoms with Crippen molar-refractivity contribution < 1.29 is 4.79 Å². The number of carbonyl (C=O) groups is 1. The summed E-state index contributed by atoms with van der Waals surface area (Å²) in [6.07, 6.45) is 0. The maximum atomic E-state index is 11.6. The van der Waals surface area contributed by atoms with Crippen LogP contribution in [-0.4, -0.2) is 16.1 Å². The SMILES string of the molecule is Cc1ncsc1CNC(=O)C(S)C(C)C. The van der Waals surface area contributed by atoms with Crippen molar-refractivity contribution in [3.05, 3.63) is 16.1 Å². The monoisotopic (exact) mass is 244 g/mol. The second kappa shape index (κ2) is 5.51. The Bertz CT molecular complexity index is 336. The number of hydrogen-bond acceptors (Lipinski definition) is 4. The zero-order chi connectivity index (χ0) is 11.4. The average molecular weight is 244 g/mol. The summed E-state index contributed by atoms with van der Waals surface area (Å²) in [6.45, 7) is 6.46. The first-order valence-corrected chi connectivity index (χ1v) is 6.26. The summed E-state index contributed by atoms with van der Waals surface area (Å²) in [4.78, 5) is 16.8. The summed E-state index contributed by atoms with van der Waals surface area (Å²) in [5, 5.41) is 2.62. The smallest absolute Gasteiger partial charge is 0.233 e. The molecule has 1 unspecified atom stereocenters. The number of rotatable bonds is 4.